The third-order valence-electron chi connectivity index (χ3n) is 3.61. The molecule has 0 saturated carbocycles. The number of likely N-dealkylation sites (tertiary alicyclic amines) is 1. The fourth-order valence-electron chi connectivity index (χ4n) is 2.56. The second kappa shape index (κ2) is 8.34. The van der Waals surface area contributed by atoms with Gasteiger partial charge in [-0.3, -0.25) is 4.90 Å². The van der Waals surface area contributed by atoms with Crippen molar-refractivity contribution in [1.29, 1.82) is 0 Å². The van der Waals surface area contributed by atoms with Crippen LogP contribution in [0.3, 0.4) is 0 Å². The highest BCUT2D eigenvalue weighted by Gasteiger charge is 2.34. The van der Waals surface area contributed by atoms with Crippen LogP contribution >= 0.6 is 27.3 Å². The zero-order chi connectivity index (χ0) is 16.9. The van der Waals surface area contributed by atoms with Gasteiger partial charge >= 0.3 is 12.2 Å². The largest absolute Gasteiger partial charge is 0.401 e. The van der Waals surface area contributed by atoms with Crippen molar-refractivity contribution in [2.24, 2.45) is 5.92 Å². The minimum absolute atomic E-state index is 0.0800. The van der Waals surface area contributed by atoms with Gasteiger partial charge in [-0.05, 0) is 53.4 Å². The van der Waals surface area contributed by atoms with Gasteiger partial charge in [0, 0.05) is 24.5 Å². The summed E-state index contributed by atoms with van der Waals surface area (Å²) in [7, 11) is 0. The van der Waals surface area contributed by atoms with Crippen molar-refractivity contribution in [1.82, 2.24) is 15.5 Å². The van der Waals surface area contributed by atoms with Crippen LogP contribution in [-0.4, -0.2) is 49.8 Å². The Morgan fingerprint density at radius 2 is 2.17 bits per heavy atom. The van der Waals surface area contributed by atoms with E-state index in [0.29, 0.717) is 32.6 Å². The fourth-order valence-corrected chi connectivity index (χ4v) is 4.04. The van der Waals surface area contributed by atoms with Gasteiger partial charge in [0.1, 0.15) is 0 Å². The van der Waals surface area contributed by atoms with Gasteiger partial charge in [0.15, 0.2) is 0 Å². The van der Waals surface area contributed by atoms with Crippen LogP contribution in [0, 0.1) is 5.92 Å². The molecule has 2 amide bonds. The van der Waals surface area contributed by atoms with Crippen LogP contribution in [-0.2, 0) is 6.42 Å². The predicted molar refractivity (Wildman–Crippen MR) is 87.7 cm³/mol. The summed E-state index contributed by atoms with van der Waals surface area (Å²) >= 11 is 5.01. The second-order valence-electron chi connectivity index (χ2n) is 5.60. The van der Waals surface area contributed by atoms with E-state index in [2.05, 4.69) is 26.6 Å². The third-order valence-corrected chi connectivity index (χ3v) is 5.29. The molecular weight excluding hydrogens is 395 g/mol. The van der Waals surface area contributed by atoms with Gasteiger partial charge in [-0.1, -0.05) is 0 Å². The molecule has 2 N–H and O–H groups in total. The number of thiophene rings is 1. The number of rotatable bonds is 6. The molecule has 1 aromatic heterocycles. The van der Waals surface area contributed by atoms with E-state index in [1.807, 2.05) is 12.1 Å². The minimum Gasteiger partial charge on any atom is -0.338 e. The topological polar surface area (TPSA) is 44.4 Å². The quantitative estimate of drug-likeness (QED) is 0.751. The van der Waals surface area contributed by atoms with Gasteiger partial charge in [0.2, 0.25) is 0 Å². The maximum Gasteiger partial charge on any atom is 0.401 e. The molecule has 1 aliphatic heterocycles. The predicted octanol–water partition coefficient (Wildman–Crippen LogP) is 3.24. The van der Waals surface area contributed by atoms with E-state index in [-0.39, 0.29) is 11.9 Å². The second-order valence-corrected chi connectivity index (χ2v) is 8.15. The van der Waals surface area contributed by atoms with E-state index >= 15 is 0 Å². The highest BCUT2D eigenvalue weighted by Crippen LogP contribution is 2.23. The summed E-state index contributed by atoms with van der Waals surface area (Å²) < 4.78 is 38.0. The van der Waals surface area contributed by atoms with Gasteiger partial charge in [0.05, 0.1) is 10.3 Å². The molecule has 9 heteroatoms. The molecule has 2 rings (SSSR count). The number of nitrogens with one attached hydrogen (secondary N) is 2. The summed E-state index contributed by atoms with van der Waals surface area (Å²) in [5.74, 6) is 0.0800. The molecule has 1 aliphatic rings. The molecule has 1 fully saturated rings. The van der Waals surface area contributed by atoms with Crippen molar-refractivity contribution in [3.63, 3.8) is 0 Å². The van der Waals surface area contributed by atoms with E-state index in [1.54, 1.807) is 11.3 Å². The van der Waals surface area contributed by atoms with Gasteiger partial charge in [-0.15, -0.1) is 11.3 Å². The van der Waals surface area contributed by atoms with Crippen molar-refractivity contribution in [3.05, 3.63) is 20.8 Å². The van der Waals surface area contributed by atoms with Crippen LogP contribution in [0.4, 0.5) is 18.0 Å². The van der Waals surface area contributed by atoms with E-state index in [0.717, 1.165) is 10.2 Å². The number of hydrogen-bond donors (Lipinski definition) is 2. The smallest absolute Gasteiger partial charge is 0.338 e. The van der Waals surface area contributed by atoms with Gasteiger partial charge in [0.25, 0.3) is 0 Å². The number of amides is 2. The molecule has 1 saturated heterocycles. The van der Waals surface area contributed by atoms with Gasteiger partial charge in [-0.2, -0.15) is 13.2 Å². The number of carbonyl (C=O) groups excluding carboxylic acids is 1. The van der Waals surface area contributed by atoms with E-state index in [4.69, 9.17) is 0 Å². The minimum atomic E-state index is -4.16. The molecule has 23 heavy (non-hydrogen) atoms. The molecular formula is C14H19BrF3N3OS. The summed E-state index contributed by atoms with van der Waals surface area (Å²) in [6.07, 6.45) is -2.72. The summed E-state index contributed by atoms with van der Waals surface area (Å²) in [6, 6.07) is 3.70. The molecule has 2 heterocycles. The molecule has 0 aliphatic carbocycles. The Hall–Kier alpha value is -0.800. The average molecular weight is 414 g/mol. The fraction of sp³-hybridized carbons (Fsp3) is 0.643. The normalized spacial score (nSPS) is 19.0. The number of nitrogens with zero attached hydrogens (tertiary/aromatic N) is 1. The lowest BCUT2D eigenvalue weighted by molar-refractivity contribution is -0.143. The lowest BCUT2D eigenvalue weighted by Crippen LogP contribution is -2.40. The molecule has 1 aromatic rings. The number of alkyl halides is 3. The zero-order valence-corrected chi connectivity index (χ0v) is 14.9. The Labute approximate surface area is 145 Å². The average Bonchev–Trinajstić information content (AvgIpc) is 3.04. The molecule has 130 valence electrons. The van der Waals surface area contributed by atoms with E-state index in [9.17, 15) is 18.0 Å². The van der Waals surface area contributed by atoms with Crippen molar-refractivity contribution in [2.45, 2.75) is 19.0 Å². The molecule has 1 atom stereocenters. The summed E-state index contributed by atoms with van der Waals surface area (Å²) in [6.45, 7) is 0.879. The summed E-state index contributed by atoms with van der Waals surface area (Å²) in [4.78, 5) is 14.2. The Morgan fingerprint density at radius 1 is 1.39 bits per heavy atom. The highest BCUT2D eigenvalue weighted by molar-refractivity contribution is 9.11. The van der Waals surface area contributed by atoms with Crippen molar-refractivity contribution in [2.75, 3.05) is 32.7 Å². The maximum atomic E-state index is 12.3. The van der Waals surface area contributed by atoms with Gasteiger partial charge < -0.3 is 10.6 Å². The Balaban J connectivity index is 1.58. The first kappa shape index (κ1) is 18.5. The zero-order valence-electron chi connectivity index (χ0n) is 12.5. The molecule has 0 radical (unpaired) electrons. The Bertz CT molecular complexity index is 524. The third kappa shape index (κ3) is 7.09. The van der Waals surface area contributed by atoms with Crippen LogP contribution in [0.25, 0.3) is 0 Å². The first-order valence-electron chi connectivity index (χ1n) is 7.37. The first-order chi connectivity index (χ1) is 10.8. The van der Waals surface area contributed by atoms with Crippen molar-refractivity contribution < 1.29 is 18.0 Å². The number of carbonyl (C=O) groups is 1. The van der Waals surface area contributed by atoms with Crippen LogP contribution < -0.4 is 10.6 Å². The van der Waals surface area contributed by atoms with Crippen molar-refractivity contribution in [3.8, 4) is 0 Å². The maximum absolute atomic E-state index is 12.3. The number of urea groups is 1. The summed E-state index contributed by atoms with van der Waals surface area (Å²) in [5.41, 5.74) is 0. The highest BCUT2D eigenvalue weighted by atomic mass is 79.9. The van der Waals surface area contributed by atoms with Crippen molar-refractivity contribution >= 4 is 33.3 Å². The Morgan fingerprint density at radius 3 is 2.83 bits per heavy atom. The van der Waals surface area contributed by atoms with Crippen LogP contribution in [0.1, 0.15) is 11.3 Å². The Kier molecular flexibility index (Phi) is 6.72. The van der Waals surface area contributed by atoms with Crippen LogP contribution in [0.2, 0.25) is 0 Å². The van der Waals surface area contributed by atoms with Crippen LogP contribution in [0.5, 0.6) is 0 Å². The molecule has 1 unspecified atom stereocenters. The van der Waals surface area contributed by atoms with E-state index < -0.39 is 12.7 Å². The van der Waals surface area contributed by atoms with Crippen LogP contribution in [0.15, 0.2) is 15.9 Å². The summed E-state index contributed by atoms with van der Waals surface area (Å²) in [5, 5.41) is 5.50. The molecule has 0 bridgehead atoms. The SMILES string of the molecule is O=C(NCCc1ccc(Br)s1)NCC1CCN(CC(F)(F)F)C1. The standard InChI is InChI=1S/C14H19BrF3N3OS/c15-12-2-1-11(23-12)3-5-19-13(22)20-7-10-4-6-21(8-10)9-14(16,17)18/h1-2,10H,3-9H2,(H2,19,20,22). The van der Waals surface area contributed by atoms with Gasteiger partial charge in [-0.25, -0.2) is 4.79 Å². The first-order valence-corrected chi connectivity index (χ1v) is 8.98. The number of hydrogen-bond acceptors (Lipinski definition) is 3. The molecule has 0 spiro atoms. The number of halogens is 4. The van der Waals surface area contributed by atoms with E-state index in [1.165, 1.54) is 9.78 Å². The lowest BCUT2D eigenvalue weighted by atomic mass is 10.1. The molecule has 4 nitrogen and oxygen atoms in total. The molecule has 0 aromatic carbocycles. The monoisotopic (exact) mass is 413 g/mol. The lowest BCUT2D eigenvalue weighted by Gasteiger charge is -2.18.